The average Bonchev–Trinajstić information content (AvgIpc) is 3.24. The Balaban J connectivity index is 2.20. The largest absolute Gasteiger partial charge is 0.481 e. The van der Waals surface area contributed by atoms with Gasteiger partial charge in [0, 0.05) is 29.3 Å². The monoisotopic (exact) mass is 536 g/mol. The molecular weight excluding hydrogens is 508 g/mol. The van der Waals surface area contributed by atoms with Crippen LogP contribution >= 0.6 is 12.6 Å². The Kier molecular flexibility index (Phi) is 10.4. The number of thiol groups is 1. The summed E-state index contributed by atoms with van der Waals surface area (Å²) in [6, 6.07) is 1.22. The number of carboxylic acid groups (broad SMARTS) is 2. The number of fused-ring (bicyclic) bond motifs is 1. The van der Waals surface area contributed by atoms with E-state index in [0.717, 1.165) is 10.9 Å². The van der Waals surface area contributed by atoms with Crippen LogP contribution in [0.3, 0.4) is 0 Å². The Morgan fingerprint density at radius 1 is 0.892 bits per heavy atom. The maximum absolute atomic E-state index is 12.9. The zero-order valence-corrected chi connectivity index (χ0v) is 20.4. The van der Waals surface area contributed by atoms with Crippen LogP contribution in [0.2, 0.25) is 0 Å². The second-order valence-corrected chi connectivity index (χ2v) is 8.51. The minimum atomic E-state index is -1.74. The Hall–Kier alpha value is -4.11. The molecule has 0 aliphatic carbocycles. The average molecular weight is 537 g/mol. The van der Waals surface area contributed by atoms with Gasteiger partial charge in [-0.2, -0.15) is 12.6 Å². The number of benzene rings is 1. The fraction of sp³-hybridized carbons (Fsp3) is 0.364. The third kappa shape index (κ3) is 8.50. The van der Waals surface area contributed by atoms with Crippen LogP contribution in [0.4, 0.5) is 0 Å². The number of aliphatic carboxylic acids is 2. The van der Waals surface area contributed by atoms with Gasteiger partial charge in [-0.15, -0.1) is 0 Å². The molecule has 10 N–H and O–H groups in total. The molecule has 1 aromatic carbocycles. The molecule has 200 valence electrons. The van der Waals surface area contributed by atoms with Crippen LogP contribution in [0.5, 0.6) is 0 Å². The third-order valence-corrected chi connectivity index (χ3v) is 5.69. The molecule has 0 bridgehead atoms. The number of aromatic nitrogens is 1. The summed E-state index contributed by atoms with van der Waals surface area (Å²) in [4.78, 5) is 75.3. The highest BCUT2D eigenvalue weighted by Gasteiger charge is 2.32. The lowest BCUT2D eigenvalue weighted by Crippen LogP contribution is -2.58. The first kappa shape index (κ1) is 29.1. The molecule has 14 nitrogen and oxygen atoms in total. The van der Waals surface area contributed by atoms with Crippen molar-refractivity contribution in [3.8, 4) is 0 Å². The van der Waals surface area contributed by atoms with E-state index in [4.69, 9.17) is 11.5 Å². The molecule has 4 unspecified atom stereocenters. The van der Waals surface area contributed by atoms with Gasteiger partial charge in [-0.1, -0.05) is 18.2 Å². The number of carbonyl (C=O) groups excluding carboxylic acids is 4. The van der Waals surface area contributed by atoms with Crippen molar-refractivity contribution >= 4 is 59.1 Å². The zero-order valence-electron chi connectivity index (χ0n) is 19.5. The first-order valence-electron chi connectivity index (χ1n) is 11.0. The van der Waals surface area contributed by atoms with Gasteiger partial charge in [0.1, 0.15) is 18.1 Å². The molecule has 15 heteroatoms. The molecule has 2 aromatic rings. The number of H-pyrrole nitrogens is 1. The van der Waals surface area contributed by atoms with Crippen molar-refractivity contribution in [2.24, 2.45) is 11.5 Å². The number of aromatic amines is 1. The normalized spacial score (nSPS) is 14.1. The van der Waals surface area contributed by atoms with E-state index in [-0.39, 0.29) is 12.2 Å². The van der Waals surface area contributed by atoms with Crippen LogP contribution < -0.4 is 27.4 Å². The molecule has 0 aliphatic rings. The number of para-hydroxylation sites is 1. The van der Waals surface area contributed by atoms with E-state index in [1.807, 2.05) is 0 Å². The first-order valence-corrected chi connectivity index (χ1v) is 11.6. The molecular formula is C22H28N6O8S. The van der Waals surface area contributed by atoms with E-state index < -0.39 is 72.6 Å². The zero-order chi connectivity index (χ0) is 27.7. The quantitative estimate of drug-likeness (QED) is 0.119. The summed E-state index contributed by atoms with van der Waals surface area (Å²) in [6.45, 7) is 0. The summed E-state index contributed by atoms with van der Waals surface area (Å²) in [6.07, 6.45) is -0.127. The lowest BCUT2D eigenvalue weighted by Gasteiger charge is -2.24. The van der Waals surface area contributed by atoms with Gasteiger partial charge < -0.3 is 42.6 Å². The van der Waals surface area contributed by atoms with E-state index in [0.29, 0.717) is 5.56 Å². The molecule has 4 amide bonds. The van der Waals surface area contributed by atoms with E-state index in [9.17, 15) is 39.0 Å². The molecule has 0 saturated heterocycles. The lowest BCUT2D eigenvalue weighted by atomic mass is 10.0. The lowest BCUT2D eigenvalue weighted by molar-refractivity contribution is -0.143. The van der Waals surface area contributed by atoms with E-state index in [2.05, 4.69) is 33.6 Å². The number of amides is 4. The summed E-state index contributed by atoms with van der Waals surface area (Å²) in [5.41, 5.74) is 12.0. The topological polar surface area (TPSA) is 247 Å². The summed E-state index contributed by atoms with van der Waals surface area (Å²) in [5, 5.41) is 26.2. The minimum Gasteiger partial charge on any atom is -0.481 e. The van der Waals surface area contributed by atoms with Crippen molar-refractivity contribution in [3.63, 3.8) is 0 Å². The van der Waals surface area contributed by atoms with Gasteiger partial charge in [-0.25, -0.2) is 4.79 Å². The fourth-order valence-corrected chi connectivity index (χ4v) is 3.59. The van der Waals surface area contributed by atoms with Crippen molar-refractivity contribution in [1.82, 2.24) is 20.9 Å². The molecule has 1 aromatic heterocycles. The second kappa shape index (κ2) is 13.3. The predicted octanol–water partition coefficient (Wildman–Crippen LogP) is -2.14. The SMILES string of the molecule is NC(=O)CC(NC(=O)C(N)CS)C(=O)NC(CC(=O)O)C(=O)NC(Cc1c[nH]c2ccccc12)C(=O)O. The molecule has 2 rings (SSSR count). The third-order valence-electron chi connectivity index (χ3n) is 5.30. The number of hydrogen-bond acceptors (Lipinski definition) is 8. The highest BCUT2D eigenvalue weighted by atomic mass is 32.1. The molecule has 0 aliphatic heterocycles. The summed E-state index contributed by atoms with van der Waals surface area (Å²) >= 11 is 3.87. The van der Waals surface area contributed by atoms with Gasteiger partial charge in [0.25, 0.3) is 0 Å². The van der Waals surface area contributed by atoms with Gasteiger partial charge in [0.05, 0.1) is 18.9 Å². The Labute approximate surface area is 215 Å². The molecule has 4 atom stereocenters. The highest BCUT2D eigenvalue weighted by Crippen LogP contribution is 2.19. The van der Waals surface area contributed by atoms with E-state index >= 15 is 0 Å². The van der Waals surface area contributed by atoms with E-state index in [1.165, 1.54) is 0 Å². The number of nitrogens with two attached hydrogens (primary N) is 2. The smallest absolute Gasteiger partial charge is 0.326 e. The van der Waals surface area contributed by atoms with Crippen LogP contribution in [-0.2, 0) is 35.2 Å². The molecule has 0 radical (unpaired) electrons. The van der Waals surface area contributed by atoms with Crippen molar-refractivity contribution in [2.45, 2.75) is 43.4 Å². The summed E-state index contributed by atoms with van der Waals surface area (Å²) in [7, 11) is 0. The van der Waals surface area contributed by atoms with Gasteiger partial charge in [0.2, 0.25) is 23.6 Å². The maximum Gasteiger partial charge on any atom is 0.326 e. The fourth-order valence-electron chi connectivity index (χ4n) is 3.42. The summed E-state index contributed by atoms with van der Waals surface area (Å²) < 4.78 is 0. The van der Waals surface area contributed by atoms with Crippen LogP contribution in [-0.4, -0.2) is 80.7 Å². The number of primary amides is 1. The van der Waals surface area contributed by atoms with Gasteiger partial charge in [0.15, 0.2) is 0 Å². The Morgan fingerprint density at radius 3 is 2.03 bits per heavy atom. The van der Waals surface area contributed by atoms with Gasteiger partial charge in [-0.3, -0.25) is 24.0 Å². The van der Waals surface area contributed by atoms with Crippen LogP contribution in [0.15, 0.2) is 30.5 Å². The molecule has 1 heterocycles. The molecule has 0 spiro atoms. The van der Waals surface area contributed by atoms with Crippen LogP contribution in [0.1, 0.15) is 18.4 Å². The summed E-state index contributed by atoms with van der Waals surface area (Å²) in [5.74, 6) is -6.93. The number of rotatable bonds is 14. The number of carbonyl (C=O) groups is 6. The van der Waals surface area contributed by atoms with E-state index in [1.54, 1.807) is 30.5 Å². The van der Waals surface area contributed by atoms with Crippen molar-refractivity contribution in [1.29, 1.82) is 0 Å². The standard InChI is InChI=1S/C22H28N6O8S/c23-12(9-37)19(32)26-14(6-17(24)29)20(33)27-15(7-18(30)31)21(34)28-16(22(35)36)5-10-8-25-13-4-2-1-3-11(10)13/h1-4,8,12,14-16,25,37H,5-7,9,23H2,(H2,24,29)(H,26,32)(H,27,33)(H,28,34)(H,30,31)(H,35,36). The van der Waals surface area contributed by atoms with Crippen molar-refractivity contribution < 1.29 is 39.0 Å². The second-order valence-electron chi connectivity index (χ2n) is 8.14. The molecule has 0 saturated carbocycles. The number of carboxylic acids is 2. The van der Waals surface area contributed by atoms with Crippen molar-refractivity contribution in [2.75, 3.05) is 5.75 Å². The molecule has 0 fully saturated rings. The minimum absolute atomic E-state index is 0.0756. The number of nitrogens with one attached hydrogen (secondary N) is 4. The first-order chi connectivity index (χ1) is 17.4. The Morgan fingerprint density at radius 2 is 1.46 bits per heavy atom. The van der Waals surface area contributed by atoms with Crippen molar-refractivity contribution in [3.05, 3.63) is 36.0 Å². The maximum atomic E-state index is 12.9. The number of hydrogen-bond donors (Lipinski definition) is 9. The molecule has 37 heavy (non-hydrogen) atoms. The van der Waals surface area contributed by atoms with Gasteiger partial charge >= 0.3 is 11.9 Å². The highest BCUT2D eigenvalue weighted by molar-refractivity contribution is 7.80. The predicted molar refractivity (Wildman–Crippen MR) is 133 cm³/mol. The van der Waals surface area contributed by atoms with Gasteiger partial charge in [-0.05, 0) is 11.6 Å². The van der Waals surface area contributed by atoms with Crippen LogP contribution in [0, 0.1) is 0 Å². The van der Waals surface area contributed by atoms with Crippen LogP contribution in [0.25, 0.3) is 10.9 Å². The Bertz CT molecular complexity index is 1180.